The third kappa shape index (κ3) is 26.1. The molecule has 0 aliphatic rings. The quantitative estimate of drug-likeness (QED) is 0.112. The second kappa shape index (κ2) is 28.0. The highest BCUT2D eigenvalue weighted by Gasteiger charge is 2.08. The molecular weight excluding hydrogens is 372 g/mol. The van der Waals surface area contributed by atoms with Crippen molar-refractivity contribution in [2.45, 2.75) is 194 Å². The maximum atomic E-state index is 2.36. The molecule has 0 saturated carbocycles. The van der Waals surface area contributed by atoms with Crippen molar-refractivity contribution in [2.75, 3.05) is 0 Å². The molecule has 0 bridgehead atoms. The van der Waals surface area contributed by atoms with Crippen molar-refractivity contribution < 1.29 is 0 Å². The van der Waals surface area contributed by atoms with Crippen LogP contribution >= 0.6 is 0 Å². The van der Waals surface area contributed by atoms with Crippen LogP contribution in [0.5, 0.6) is 0 Å². The van der Waals surface area contributed by atoms with Crippen molar-refractivity contribution in [1.29, 1.82) is 0 Å². The van der Waals surface area contributed by atoms with E-state index < -0.39 is 0 Å². The Hall–Kier alpha value is 0. The Morgan fingerprint density at radius 3 is 0.774 bits per heavy atom. The van der Waals surface area contributed by atoms with Crippen LogP contribution in [0.2, 0.25) is 0 Å². The van der Waals surface area contributed by atoms with Crippen LogP contribution in [-0.2, 0) is 0 Å². The van der Waals surface area contributed by atoms with Gasteiger partial charge in [-0.25, -0.2) is 0 Å². The standard InChI is InChI=1S/C31H64/c1-4-7-10-12-13-14-15-16-17-18-19-20-21-22-23-25-27-30-31(28-9-6-3)29-26-24-11-8-5-2/h31H,4-30H2,1-3H3. The smallest absolute Gasteiger partial charge is 0.0414 e. The molecule has 0 N–H and O–H groups in total. The summed E-state index contributed by atoms with van der Waals surface area (Å²) in [5, 5.41) is 0. The summed E-state index contributed by atoms with van der Waals surface area (Å²) >= 11 is 0. The Labute approximate surface area is 200 Å². The van der Waals surface area contributed by atoms with Crippen LogP contribution in [0.3, 0.4) is 0 Å². The fourth-order valence-corrected chi connectivity index (χ4v) is 5.12. The summed E-state index contributed by atoms with van der Waals surface area (Å²) in [6, 6.07) is 0. The van der Waals surface area contributed by atoms with Gasteiger partial charge in [0, 0.05) is 0 Å². The van der Waals surface area contributed by atoms with E-state index >= 15 is 0 Å². The zero-order valence-corrected chi connectivity index (χ0v) is 22.7. The van der Waals surface area contributed by atoms with Crippen LogP contribution in [0.4, 0.5) is 0 Å². The lowest BCUT2D eigenvalue weighted by Gasteiger charge is -2.16. The highest BCUT2D eigenvalue weighted by Crippen LogP contribution is 2.24. The van der Waals surface area contributed by atoms with E-state index in [-0.39, 0.29) is 0 Å². The van der Waals surface area contributed by atoms with Crippen molar-refractivity contribution in [3.63, 3.8) is 0 Å². The molecule has 0 aliphatic carbocycles. The van der Waals surface area contributed by atoms with Crippen LogP contribution < -0.4 is 0 Å². The monoisotopic (exact) mass is 437 g/mol. The maximum Gasteiger partial charge on any atom is -0.0414 e. The number of hydrogen-bond acceptors (Lipinski definition) is 0. The Bertz CT molecular complexity index is 294. The summed E-state index contributed by atoms with van der Waals surface area (Å²) in [4.78, 5) is 0. The zero-order chi connectivity index (χ0) is 22.7. The fraction of sp³-hybridized carbons (Fsp3) is 1.00. The second-order valence-electron chi connectivity index (χ2n) is 10.7. The van der Waals surface area contributed by atoms with Gasteiger partial charge in [-0.1, -0.05) is 194 Å². The molecule has 0 nitrogen and oxygen atoms in total. The molecule has 0 fully saturated rings. The van der Waals surface area contributed by atoms with Crippen molar-refractivity contribution in [1.82, 2.24) is 0 Å². The minimum Gasteiger partial charge on any atom is -0.0654 e. The predicted molar refractivity (Wildman–Crippen MR) is 145 cm³/mol. The van der Waals surface area contributed by atoms with Crippen molar-refractivity contribution in [3.8, 4) is 0 Å². The first kappa shape index (κ1) is 31.0. The SMILES string of the molecule is CCCCCCCCCCCCCCCCCCCC(CCCC)CCCCCCC. The van der Waals surface area contributed by atoms with E-state index in [1.54, 1.807) is 0 Å². The normalized spacial score (nSPS) is 12.5. The average Bonchev–Trinajstić information content (AvgIpc) is 2.78. The van der Waals surface area contributed by atoms with Gasteiger partial charge in [0.15, 0.2) is 0 Å². The molecule has 31 heavy (non-hydrogen) atoms. The van der Waals surface area contributed by atoms with Crippen LogP contribution in [-0.4, -0.2) is 0 Å². The lowest BCUT2D eigenvalue weighted by molar-refractivity contribution is 0.371. The predicted octanol–water partition coefficient (Wildman–Crippen LogP) is 12.2. The average molecular weight is 437 g/mol. The minimum atomic E-state index is 1.04. The molecule has 0 heteroatoms. The highest BCUT2D eigenvalue weighted by molar-refractivity contribution is 4.61. The van der Waals surface area contributed by atoms with E-state index in [9.17, 15) is 0 Å². The van der Waals surface area contributed by atoms with E-state index in [2.05, 4.69) is 20.8 Å². The van der Waals surface area contributed by atoms with Gasteiger partial charge in [0.05, 0.1) is 0 Å². The molecule has 0 heterocycles. The molecule has 0 amide bonds. The van der Waals surface area contributed by atoms with Crippen molar-refractivity contribution >= 4 is 0 Å². The lowest BCUT2D eigenvalue weighted by Crippen LogP contribution is -2.01. The molecule has 1 atom stereocenters. The summed E-state index contributed by atoms with van der Waals surface area (Å²) in [5.41, 5.74) is 0. The molecule has 1 unspecified atom stereocenters. The van der Waals surface area contributed by atoms with E-state index in [0.717, 1.165) is 5.92 Å². The van der Waals surface area contributed by atoms with Gasteiger partial charge in [-0.3, -0.25) is 0 Å². The Balaban J connectivity index is 3.35. The maximum absolute atomic E-state index is 2.36. The van der Waals surface area contributed by atoms with Crippen molar-refractivity contribution in [2.24, 2.45) is 5.92 Å². The summed E-state index contributed by atoms with van der Waals surface area (Å²) in [6.45, 7) is 6.98. The van der Waals surface area contributed by atoms with Crippen LogP contribution in [0.15, 0.2) is 0 Å². The number of rotatable bonds is 27. The third-order valence-electron chi connectivity index (χ3n) is 7.40. The topological polar surface area (TPSA) is 0 Å². The second-order valence-corrected chi connectivity index (χ2v) is 10.7. The summed E-state index contributed by atoms with van der Waals surface area (Å²) in [5.74, 6) is 1.04. The number of hydrogen-bond donors (Lipinski definition) is 0. The van der Waals surface area contributed by atoms with Crippen LogP contribution in [0.25, 0.3) is 0 Å². The van der Waals surface area contributed by atoms with Gasteiger partial charge >= 0.3 is 0 Å². The molecular formula is C31H64. The first-order valence-corrected chi connectivity index (χ1v) is 15.3. The van der Waals surface area contributed by atoms with Gasteiger partial charge in [0.1, 0.15) is 0 Å². The van der Waals surface area contributed by atoms with E-state index in [0.29, 0.717) is 0 Å². The lowest BCUT2D eigenvalue weighted by atomic mass is 9.90. The number of unbranched alkanes of at least 4 members (excludes halogenated alkanes) is 21. The first-order chi connectivity index (χ1) is 15.3. The largest absolute Gasteiger partial charge is 0.0654 e. The summed E-state index contributed by atoms with van der Waals surface area (Å²) < 4.78 is 0. The van der Waals surface area contributed by atoms with E-state index in [4.69, 9.17) is 0 Å². The molecule has 0 rings (SSSR count). The van der Waals surface area contributed by atoms with E-state index in [1.807, 2.05) is 0 Å². The van der Waals surface area contributed by atoms with Gasteiger partial charge in [-0.2, -0.15) is 0 Å². The first-order valence-electron chi connectivity index (χ1n) is 15.3. The zero-order valence-electron chi connectivity index (χ0n) is 22.7. The third-order valence-corrected chi connectivity index (χ3v) is 7.40. The van der Waals surface area contributed by atoms with Gasteiger partial charge in [-0.05, 0) is 5.92 Å². The van der Waals surface area contributed by atoms with Crippen LogP contribution in [0.1, 0.15) is 194 Å². The molecule has 0 aromatic rings. The molecule has 0 spiro atoms. The molecule has 0 aromatic heterocycles. The van der Waals surface area contributed by atoms with Gasteiger partial charge in [0.2, 0.25) is 0 Å². The Kier molecular flexibility index (Phi) is 28.0. The highest BCUT2D eigenvalue weighted by atomic mass is 14.1. The minimum absolute atomic E-state index is 1.04. The molecule has 0 saturated heterocycles. The fourth-order valence-electron chi connectivity index (χ4n) is 5.12. The Morgan fingerprint density at radius 1 is 0.258 bits per heavy atom. The molecule has 0 aromatic carbocycles. The molecule has 0 aliphatic heterocycles. The molecule has 188 valence electrons. The summed E-state index contributed by atoms with van der Waals surface area (Å²) in [7, 11) is 0. The van der Waals surface area contributed by atoms with E-state index in [1.165, 1.54) is 173 Å². The molecule has 0 radical (unpaired) electrons. The summed E-state index contributed by atoms with van der Waals surface area (Å²) in [6.07, 6.45) is 39.8. The van der Waals surface area contributed by atoms with Crippen LogP contribution in [0, 0.1) is 5.92 Å². The van der Waals surface area contributed by atoms with Gasteiger partial charge in [0.25, 0.3) is 0 Å². The van der Waals surface area contributed by atoms with Crippen molar-refractivity contribution in [3.05, 3.63) is 0 Å². The van der Waals surface area contributed by atoms with Gasteiger partial charge in [-0.15, -0.1) is 0 Å². The van der Waals surface area contributed by atoms with Gasteiger partial charge < -0.3 is 0 Å². The Morgan fingerprint density at radius 2 is 0.484 bits per heavy atom.